The van der Waals surface area contributed by atoms with Crippen LogP contribution in [0.4, 0.5) is 23.1 Å². The molecular formula is C20H20N4. The van der Waals surface area contributed by atoms with E-state index in [1.54, 1.807) is 0 Å². The van der Waals surface area contributed by atoms with Crippen LogP contribution in [-0.4, -0.2) is 16.0 Å². The fourth-order valence-electron chi connectivity index (χ4n) is 3.22. The minimum Gasteiger partial charge on any atom is -0.324 e. The number of hydrogen-bond donors (Lipinski definition) is 1. The molecule has 0 saturated heterocycles. The lowest BCUT2D eigenvalue weighted by atomic mass is 10.1. The van der Waals surface area contributed by atoms with Crippen molar-refractivity contribution >= 4 is 23.1 Å². The first-order valence-corrected chi connectivity index (χ1v) is 8.24. The molecule has 0 aliphatic carbocycles. The highest BCUT2D eigenvalue weighted by Crippen LogP contribution is 2.37. The summed E-state index contributed by atoms with van der Waals surface area (Å²) in [5.74, 6) is 1.55. The van der Waals surface area contributed by atoms with Gasteiger partial charge in [0.25, 0.3) is 0 Å². The summed E-state index contributed by atoms with van der Waals surface area (Å²) >= 11 is 0. The lowest BCUT2D eigenvalue weighted by Gasteiger charge is -2.24. The molecule has 1 aliphatic heterocycles. The van der Waals surface area contributed by atoms with Gasteiger partial charge in [0.2, 0.25) is 5.95 Å². The maximum atomic E-state index is 4.73. The van der Waals surface area contributed by atoms with E-state index in [0.29, 0.717) is 12.0 Å². The van der Waals surface area contributed by atoms with Crippen LogP contribution < -0.4 is 10.2 Å². The molecule has 24 heavy (non-hydrogen) atoms. The quantitative estimate of drug-likeness (QED) is 0.766. The maximum Gasteiger partial charge on any atom is 0.229 e. The van der Waals surface area contributed by atoms with Crippen molar-refractivity contribution in [2.45, 2.75) is 26.3 Å². The number of rotatable bonds is 3. The van der Waals surface area contributed by atoms with Crippen molar-refractivity contribution in [2.24, 2.45) is 0 Å². The summed E-state index contributed by atoms with van der Waals surface area (Å²) in [6.45, 7) is 4.31. The largest absolute Gasteiger partial charge is 0.324 e. The van der Waals surface area contributed by atoms with Gasteiger partial charge in [-0.2, -0.15) is 4.98 Å². The lowest BCUT2D eigenvalue weighted by molar-refractivity contribution is 0.749. The summed E-state index contributed by atoms with van der Waals surface area (Å²) in [4.78, 5) is 11.4. The minimum absolute atomic E-state index is 0.393. The Kier molecular flexibility index (Phi) is 3.65. The van der Waals surface area contributed by atoms with E-state index in [4.69, 9.17) is 4.98 Å². The molecule has 0 amide bonds. The Morgan fingerprint density at radius 1 is 1.04 bits per heavy atom. The van der Waals surface area contributed by atoms with Gasteiger partial charge in [0.1, 0.15) is 5.82 Å². The molecule has 4 heteroatoms. The van der Waals surface area contributed by atoms with Gasteiger partial charge in [0.05, 0.1) is 0 Å². The molecule has 1 aromatic heterocycles. The van der Waals surface area contributed by atoms with Crippen molar-refractivity contribution in [3.63, 3.8) is 0 Å². The van der Waals surface area contributed by atoms with Gasteiger partial charge in [-0.25, -0.2) is 4.98 Å². The van der Waals surface area contributed by atoms with Crippen LogP contribution in [0.3, 0.4) is 0 Å². The minimum atomic E-state index is 0.393. The molecule has 0 saturated carbocycles. The van der Waals surface area contributed by atoms with Crippen LogP contribution in [-0.2, 0) is 6.42 Å². The molecule has 0 fully saturated rings. The Balaban J connectivity index is 1.64. The van der Waals surface area contributed by atoms with Crippen LogP contribution in [0.1, 0.15) is 18.1 Å². The predicted octanol–water partition coefficient (Wildman–Crippen LogP) is 4.61. The number of para-hydroxylation sites is 1. The fraction of sp³-hybridized carbons (Fsp3) is 0.200. The molecule has 4 nitrogen and oxygen atoms in total. The lowest BCUT2D eigenvalue weighted by Crippen LogP contribution is -2.25. The summed E-state index contributed by atoms with van der Waals surface area (Å²) in [6.07, 6.45) is 2.85. The van der Waals surface area contributed by atoms with E-state index < -0.39 is 0 Å². The molecule has 0 spiro atoms. The number of fused-ring (bicyclic) bond motifs is 1. The maximum absolute atomic E-state index is 4.73. The van der Waals surface area contributed by atoms with Crippen LogP contribution in [0.5, 0.6) is 0 Å². The predicted molar refractivity (Wildman–Crippen MR) is 98.2 cm³/mol. The first-order valence-electron chi connectivity index (χ1n) is 8.24. The van der Waals surface area contributed by atoms with Crippen molar-refractivity contribution in [1.82, 2.24) is 9.97 Å². The molecule has 1 atom stereocenters. The zero-order valence-corrected chi connectivity index (χ0v) is 13.9. The summed E-state index contributed by atoms with van der Waals surface area (Å²) in [5, 5.41) is 3.28. The molecule has 1 unspecified atom stereocenters. The van der Waals surface area contributed by atoms with Gasteiger partial charge in [-0.15, -0.1) is 0 Å². The van der Waals surface area contributed by atoms with Crippen molar-refractivity contribution < 1.29 is 0 Å². The normalized spacial score (nSPS) is 16.1. The van der Waals surface area contributed by atoms with Crippen LogP contribution in [0, 0.1) is 6.92 Å². The SMILES string of the molecule is Cc1ccc(Nc2nccc(N3c4ccccc4CC3C)n2)cc1. The number of nitrogens with one attached hydrogen (secondary N) is 1. The third kappa shape index (κ3) is 2.71. The number of hydrogen-bond acceptors (Lipinski definition) is 4. The van der Waals surface area contributed by atoms with E-state index >= 15 is 0 Å². The second kappa shape index (κ2) is 5.96. The zero-order chi connectivity index (χ0) is 16.5. The van der Waals surface area contributed by atoms with Crippen LogP contribution >= 0.6 is 0 Å². The molecule has 120 valence electrons. The molecule has 1 aliphatic rings. The monoisotopic (exact) mass is 316 g/mol. The first kappa shape index (κ1) is 14.7. The van der Waals surface area contributed by atoms with E-state index in [2.05, 4.69) is 65.4 Å². The average molecular weight is 316 g/mol. The van der Waals surface area contributed by atoms with Crippen LogP contribution in [0.25, 0.3) is 0 Å². The fourth-order valence-corrected chi connectivity index (χ4v) is 3.22. The molecule has 0 bridgehead atoms. The average Bonchev–Trinajstić information content (AvgIpc) is 2.93. The topological polar surface area (TPSA) is 41.1 Å². The second-order valence-electron chi connectivity index (χ2n) is 6.28. The Labute approximate surface area is 142 Å². The summed E-state index contributed by atoms with van der Waals surface area (Å²) < 4.78 is 0. The molecule has 2 heterocycles. The van der Waals surface area contributed by atoms with Crippen molar-refractivity contribution in [3.8, 4) is 0 Å². The van der Waals surface area contributed by atoms with Gasteiger partial charge >= 0.3 is 0 Å². The summed E-state index contributed by atoms with van der Waals surface area (Å²) in [5.41, 5.74) is 4.84. The van der Waals surface area contributed by atoms with E-state index in [9.17, 15) is 0 Å². The number of anilines is 4. The van der Waals surface area contributed by atoms with E-state index in [0.717, 1.165) is 17.9 Å². The third-order valence-corrected chi connectivity index (χ3v) is 4.40. The highest BCUT2D eigenvalue weighted by atomic mass is 15.3. The standard InChI is InChI=1S/C20H20N4/c1-14-7-9-17(10-8-14)22-20-21-12-11-19(23-20)24-15(2)13-16-5-3-4-6-18(16)24/h3-12,15H,13H2,1-2H3,(H,21,22,23). The van der Waals surface area contributed by atoms with E-state index in [1.807, 2.05) is 24.4 Å². The molecule has 3 aromatic rings. The number of benzene rings is 2. The van der Waals surface area contributed by atoms with Gasteiger partial charge in [0, 0.05) is 23.6 Å². The first-order chi connectivity index (χ1) is 11.7. The Morgan fingerprint density at radius 3 is 2.67 bits per heavy atom. The van der Waals surface area contributed by atoms with Crippen LogP contribution in [0.15, 0.2) is 60.8 Å². The van der Waals surface area contributed by atoms with Crippen molar-refractivity contribution in [3.05, 3.63) is 71.9 Å². The molecule has 1 N–H and O–H groups in total. The number of nitrogens with zero attached hydrogens (tertiary/aromatic N) is 3. The molecular weight excluding hydrogens is 296 g/mol. The second-order valence-corrected chi connectivity index (χ2v) is 6.28. The molecule has 0 radical (unpaired) electrons. The third-order valence-electron chi connectivity index (χ3n) is 4.40. The highest BCUT2D eigenvalue weighted by molar-refractivity contribution is 5.69. The van der Waals surface area contributed by atoms with Gasteiger partial charge in [0.15, 0.2) is 0 Å². The van der Waals surface area contributed by atoms with E-state index in [-0.39, 0.29) is 0 Å². The van der Waals surface area contributed by atoms with Crippen molar-refractivity contribution in [1.29, 1.82) is 0 Å². The zero-order valence-electron chi connectivity index (χ0n) is 13.9. The van der Waals surface area contributed by atoms with Crippen LogP contribution in [0.2, 0.25) is 0 Å². The molecule has 2 aromatic carbocycles. The summed E-state index contributed by atoms with van der Waals surface area (Å²) in [7, 11) is 0. The van der Waals surface area contributed by atoms with Gasteiger partial charge in [-0.3, -0.25) is 0 Å². The van der Waals surface area contributed by atoms with Gasteiger partial charge in [-0.05, 0) is 50.1 Å². The number of aryl methyl sites for hydroxylation is 1. The Morgan fingerprint density at radius 2 is 1.83 bits per heavy atom. The summed E-state index contributed by atoms with van der Waals surface area (Å²) in [6, 6.07) is 19.1. The smallest absolute Gasteiger partial charge is 0.229 e. The van der Waals surface area contributed by atoms with Crippen molar-refractivity contribution in [2.75, 3.05) is 10.2 Å². The number of aromatic nitrogens is 2. The van der Waals surface area contributed by atoms with E-state index in [1.165, 1.54) is 16.8 Å². The molecule has 4 rings (SSSR count). The highest BCUT2D eigenvalue weighted by Gasteiger charge is 2.27. The van der Waals surface area contributed by atoms with Gasteiger partial charge in [-0.1, -0.05) is 35.9 Å². The van der Waals surface area contributed by atoms with Gasteiger partial charge < -0.3 is 10.2 Å². The Hall–Kier alpha value is -2.88. The Bertz CT molecular complexity index is 858.